The fourth-order valence-electron chi connectivity index (χ4n) is 9.32. The first-order valence-corrected chi connectivity index (χ1v) is 23.3. The number of rotatable bonds is 5. The van der Waals surface area contributed by atoms with Crippen molar-refractivity contribution in [2.75, 3.05) is 18.4 Å². The molecule has 17 heteroatoms. The number of nitrogens with two attached hydrogens (primary N) is 1. The van der Waals surface area contributed by atoms with Crippen LogP contribution in [0, 0.1) is 5.92 Å². The van der Waals surface area contributed by atoms with Gasteiger partial charge in [0.2, 0.25) is 11.8 Å². The van der Waals surface area contributed by atoms with Gasteiger partial charge in [-0.1, -0.05) is 62.1 Å². The van der Waals surface area contributed by atoms with Crippen molar-refractivity contribution in [3.8, 4) is 0 Å². The van der Waals surface area contributed by atoms with E-state index >= 15 is 0 Å². The molecule has 3 aliphatic heterocycles. The Bertz CT molecular complexity index is 2170. The van der Waals surface area contributed by atoms with Crippen molar-refractivity contribution in [1.82, 2.24) is 25.2 Å². The predicted octanol–water partition coefficient (Wildman–Crippen LogP) is 4.43. The van der Waals surface area contributed by atoms with Crippen LogP contribution < -0.4 is 26.4 Å². The molecule has 3 aliphatic carbocycles. The van der Waals surface area contributed by atoms with E-state index in [2.05, 4.69) is 27.3 Å². The molecule has 1 saturated heterocycles. The molecule has 16 nitrogen and oxygen atoms in total. The first kappa shape index (κ1) is 42.5. The smallest absolute Gasteiger partial charge is 0.410 e. The van der Waals surface area contributed by atoms with Crippen LogP contribution in [-0.4, -0.2) is 91.0 Å². The van der Waals surface area contributed by atoms with Crippen molar-refractivity contribution in [2.24, 2.45) is 11.7 Å². The molecule has 4 fully saturated rings. The molecule has 2 aromatic rings. The largest absolute Gasteiger partial charge is 0.446 e. The molecule has 3 heterocycles. The molecule has 328 valence electrons. The molecule has 6 aliphatic rings. The summed E-state index contributed by atoms with van der Waals surface area (Å²) in [5.41, 5.74) is 7.79. The van der Waals surface area contributed by atoms with Crippen molar-refractivity contribution in [2.45, 2.75) is 143 Å². The van der Waals surface area contributed by atoms with Gasteiger partial charge in [0.15, 0.2) is 0 Å². The third-order valence-corrected chi connectivity index (χ3v) is 14.7. The quantitative estimate of drug-likeness (QED) is 0.265. The molecule has 5 atom stereocenters. The Morgan fingerprint density at radius 2 is 1.62 bits per heavy atom. The number of fused-ring (bicyclic) bond motifs is 3. The molecule has 0 unspecified atom stereocenters. The predicted molar refractivity (Wildman–Crippen MR) is 224 cm³/mol. The van der Waals surface area contributed by atoms with Gasteiger partial charge in [0, 0.05) is 37.5 Å². The Morgan fingerprint density at radius 3 is 2.38 bits per heavy atom. The Kier molecular flexibility index (Phi) is 12.1. The minimum atomic E-state index is -4.40. The lowest BCUT2D eigenvalue weighted by atomic mass is 10.0. The second-order valence-corrected chi connectivity index (χ2v) is 19.3. The second-order valence-electron chi connectivity index (χ2n) is 17.7. The molecule has 0 aromatic heterocycles. The maximum Gasteiger partial charge on any atom is 0.410 e. The molecular weight excluding hydrogens is 803 g/mol. The molecule has 2 aromatic carbocycles. The molecule has 0 bridgehead atoms. The molecule has 3 saturated carbocycles. The van der Waals surface area contributed by atoms with E-state index in [1.807, 2.05) is 18.2 Å². The SMILES string of the molecule is C=C[C@@H]1C[C@@]12NC(=O)[C@@H]1C[C@@H](OC(=O)N3Cc4ccc(C5(N)CC5)cc4C3)CN1C(=O)[C@@H](NC(=O)OC1CCCC1)CCCCCCCNc1ccccc1S(=O)(=O)NC2=O. The van der Waals surface area contributed by atoms with E-state index in [0.717, 1.165) is 80.9 Å². The van der Waals surface area contributed by atoms with Crippen LogP contribution in [0.5, 0.6) is 0 Å². The molecule has 5 amide bonds. The highest BCUT2D eigenvalue weighted by atomic mass is 32.2. The van der Waals surface area contributed by atoms with Gasteiger partial charge >= 0.3 is 12.2 Å². The third kappa shape index (κ3) is 9.22. The first-order chi connectivity index (χ1) is 29.3. The minimum Gasteiger partial charge on any atom is -0.446 e. The molecule has 1 spiro atoms. The van der Waals surface area contributed by atoms with Gasteiger partial charge in [0.05, 0.1) is 12.2 Å². The number of hydrogen-bond donors (Lipinski definition) is 5. The molecule has 0 radical (unpaired) electrons. The summed E-state index contributed by atoms with van der Waals surface area (Å²) < 4.78 is 41.4. The summed E-state index contributed by atoms with van der Waals surface area (Å²) in [4.78, 5) is 73.0. The van der Waals surface area contributed by atoms with Gasteiger partial charge in [-0.3, -0.25) is 19.3 Å². The third-order valence-electron chi connectivity index (χ3n) is 13.3. The number of benzene rings is 2. The van der Waals surface area contributed by atoms with E-state index in [-0.39, 0.29) is 42.3 Å². The average molecular weight is 860 g/mol. The standard InChI is InChI=1S/C44H57N7O9S/c1-2-30-24-44(30)40(54)49-61(57,58)37-16-10-9-14-34(37)46-21-11-5-3-4-6-15-35(47-41(55)59-32-12-7-8-13-32)39(53)51-27-33(23-36(51)38(52)48-44)60-42(56)50-25-28-17-18-31(22-29(28)26-50)43(45)19-20-43/h2,9-10,14,16-18,22,30,32-33,35-36,46H,1,3-8,11-13,15,19-21,23-27,45H2,(H,47,55)(H,48,52)(H,49,54)/t30-,33-,35+,36+,44-/m1/s1. The van der Waals surface area contributed by atoms with Gasteiger partial charge in [0.1, 0.15) is 34.7 Å². The highest BCUT2D eigenvalue weighted by Gasteiger charge is 2.61. The van der Waals surface area contributed by atoms with E-state index in [0.29, 0.717) is 31.7 Å². The summed E-state index contributed by atoms with van der Waals surface area (Å²) in [6.45, 7) is 4.79. The van der Waals surface area contributed by atoms with Crippen LogP contribution in [0.3, 0.4) is 0 Å². The van der Waals surface area contributed by atoms with Crippen molar-refractivity contribution < 1.29 is 41.9 Å². The van der Waals surface area contributed by atoms with Gasteiger partial charge in [-0.25, -0.2) is 22.7 Å². The fourth-order valence-corrected chi connectivity index (χ4v) is 10.5. The van der Waals surface area contributed by atoms with E-state index in [9.17, 15) is 32.4 Å². The average Bonchev–Trinajstić information content (AvgIpc) is 3.86. The van der Waals surface area contributed by atoms with Gasteiger partial charge in [-0.2, -0.15) is 0 Å². The summed E-state index contributed by atoms with van der Waals surface area (Å²) in [6.07, 6.45) is 8.17. The van der Waals surface area contributed by atoms with Crippen LogP contribution in [0.25, 0.3) is 0 Å². The van der Waals surface area contributed by atoms with Crippen LogP contribution in [0.2, 0.25) is 0 Å². The summed E-state index contributed by atoms with van der Waals surface area (Å²) in [7, 11) is -4.40. The first-order valence-electron chi connectivity index (χ1n) is 21.8. The number of hydrogen-bond acceptors (Lipinski definition) is 11. The normalized spacial score (nSPS) is 28.9. The van der Waals surface area contributed by atoms with Gasteiger partial charge in [-0.15, -0.1) is 6.58 Å². The van der Waals surface area contributed by atoms with Crippen LogP contribution >= 0.6 is 0 Å². The lowest BCUT2D eigenvalue weighted by molar-refractivity contribution is -0.141. The fraction of sp³-hybridized carbons (Fsp3) is 0.568. The monoisotopic (exact) mass is 859 g/mol. The van der Waals surface area contributed by atoms with E-state index < -0.39 is 69.6 Å². The van der Waals surface area contributed by atoms with Crippen molar-refractivity contribution in [3.05, 3.63) is 71.8 Å². The number of anilines is 1. The minimum absolute atomic E-state index is 0.0717. The summed E-state index contributed by atoms with van der Waals surface area (Å²) >= 11 is 0. The lowest BCUT2D eigenvalue weighted by Crippen LogP contribution is -2.58. The van der Waals surface area contributed by atoms with E-state index in [1.165, 1.54) is 17.0 Å². The van der Waals surface area contributed by atoms with Crippen molar-refractivity contribution in [1.29, 1.82) is 0 Å². The zero-order valence-electron chi connectivity index (χ0n) is 34.5. The number of amides is 5. The number of alkyl carbamates (subject to hydrolysis) is 1. The van der Waals surface area contributed by atoms with E-state index in [4.69, 9.17) is 15.2 Å². The number of carbonyl (C=O) groups is 5. The zero-order valence-corrected chi connectivity index (χ0v) is 35.3. The number of carbonyl (C=O) groups excluding carboxylic acids is 5. The Labute approximate surface area is 356 Å². The Hall–Kier alpha value is -5.16. The number of sulfonamides is 1. The molecule has 61 heavy (non-hydrogen) atoms. The van der Waals surface area contributed by atoms with Gasteiger partial charge in [0.25, 0.3) is 15.9 Å². The van der Waals surface area contributed by atoms with Crippen molar-refractivity contribution in [3.63, 3.8) is 0 Å². The Balaban J connectivity index is 1.05. The van der Waals surface area contributed by atoms with Gasteiger partial charge < -0.3 is 36.1 Å². The second kappa shape index (κ2) is 17.3. The summed E-state index contributed by atoms with van der Waals surface area (Å²) in [5.74, 6) is -2.83. The van der Waals surface area contributed by atoms with Crippen molar-refractivity contribution >= 4 is 45.6 Å². The van der Waals surface area contributed by atoms with Crippen LogP contribution in [0.15, 0.2) is 60.0 Å². The zero-order chi connectivity index (χ0) is 42.9. The number of nitrogens with one attached hydrogen (secondary N) is 4. The topological polar surface area (TPSA) is 219 Å². The molecular formula is C44H57N7O9S. The maximum atomic E-state index is 14.7. The number of nitrogens with zero attached hydrogens (tertiary/aromatic N) is 2. The van der Waals surface area contributed by atoms with Crippen LogP contribution in [0.1, 0.15) is 107 Å². The number of para-hydroxylation sites is 1. The lowest BCUT2D eigenvalue weighted by Gasteiger charge is -2.30. The molecule has 8 rings (SSSR count). The highest BCUT2D eigenvalue weighted by Crippen LogP contribution is 2.46. The van der Waals surface area contributed by atoms with Crippen LogP contribution in [0.4, 0.5) is 15.3 Å². The molecule has 6 N–H and O–H groups in total. The summed E-state index contributed by atoms with van der Waals surface area (Å²) in [5, 5.41) is 8.78. The Morgan fingerprint density at radius 1 is 0.902 bits per heavy atom. The van der Waals surface area contributed by atoms with E-state index in [1.54, 1.807) is 23.1 Å². The maximum absolute atomic E-state index is 14.7. The number of ether oxygens (including phenoxy) is 2. The highest BCUT2D eigenvalue weighted by molar-refractivity contribution is 7.90. The van der Waals surface area contributed by atoms with Crippen LogP contribution in [-0.2, 0) is 52.5 Å². The van der Waals surface area contributed by atoms with Gasteiger partial charge in [-0.05, 0) is 86.6 Å². The summed E-state index contributed by atoms with van der Waals surface area (Å²) in [6, 6.07) is 10.1.